The van der Waals surface area contributed by atoms with E-state index in [0.717, 1.165) is 17.7 Å². The van der Waals surface area contributed by atoms with Gasteiger partial charge in [-0.1, -0.05) is 18.2 Å². The summed E-state index contributed by atoms with van der Waals surface area (Å²) in [5.41, 5.74) is 8.81. The summed E-state index contributed by atoms with van der Waals surface area (Å²) in [5.74, 6) is -0.325. The molecule has 0 amide bonds. The van der Waals surface area contributed by atoms with Crippen molar-refractivity contribution in [2.75, 3.05) is 31.9 Å². The maximum atomic E-state index is 13.6. The van der Waals surface area contributed by atoms with Crippen LogP contribution in [0.4, 0.5) is 21.5 Å². The van der Waals surface area contributed by atoms with Crippen LogP contribution >= 0.6 is 0 Å². The number of nitrogen functional groups attached to an aromatic ring is 1. The van der Waals surface area contributed by atoms with Crippen molar-refractivity contribution >= 4 is 17.1 Å². The summed E-state index contributed by atoms with van der Waals surface area (Å²) in [5, 5.41) is 3.22. The first-order valence-electron chi connectivity index (χ1n) is 6.62. The van der Waals surface area contributed by atoms with Crippen molar-refractivity contribution in [2.24, 2.45) is 0 Å². The number of methoxy groups -OCH3 is 2. The standard InChI is InChI=1S/C16H19FN2O2/c1-20-8-7-11-5-3-4-6-14(11)19-15-10-16(21-2)12(17)9-13(15)18/h3-6,9-10,19H,7-8,18H2,1-2H3. The van der Waals surface area contributed by atoms with E-state index in [-0.39, 0.29) is 5.75 Å². The van der Waals surface area contributed by atoms with Gasteiger partial charge in [0.2, 0.25) is 0 Å². The Bertz CT molecular complexity index is 617. The van der Waals surface area contributed by atoms with E-state index >= 15 is 0 Å². The fourth-order valence-electron chi connectivity index (χ4n) is 2.05. The Labute approximate surface area is 123 Å². The second-order valence-electron chi connectivity index (χ2n) is 4.60. The fraction of sp³-hybridized carbons (Fsp3) is 0.250. The largest absolute Gasteiger partial charge is 0.494 e. The second kappa shape index (κ2) is 6.95. The average Bonchev–Trinajstić information content (AvgIpc) is 2.49. The quantitative estimate of drug-likeness (QED) is 0.801. The Morgan fingerprint density at radius 2 is 1.90 bits per heavy atom. The Morgan fingerprint density at radius 1 is 1.14 bits per heavy atom. The molecule has 0 heterocycles. The molecule has 4 nitrogen and oxygen atoms in total. The van der Waals surface area contributed by atoms with Crippen molar-refractivity contribution in [1.29, 1.82) is 0 Å². The SMILES string of the molecule is COCCc1ccccc1Nc1cc(OC)c(F)cc1N. The minimum absolute atomic E-state index is 0.154. The molecule has 0 aliphatic rings. The van der Waals surface area contributed by atoms with Crippen LogP contribution in [0.25, 0.3) is 0 Å². The van der Waals surface area contributed by atoms with Gasteiger partial charge in [-0.25, -0.2) is 4.39 Å². The van der Waals surface area contributed by atoms with Gasteiger partial charge in [-0.15, -0.1) is 0 Å². The third kappa shape index (κ3) is 3.64. The molecule has 0 unspecified atom stereocenters. The Hall–Kier alpha value is -2.27. The Morgan fingerprint density at radius 3 is 2.62 bits per heavy atom. The molecule has 2 rings (SSSR count). The van der Waals surface area contributed by atoms with Gasteiger partial charge in [-0.3, -0.25) is 0 Å². The Kier molecular flexibility index (Phi) is 5.00. The minimum Gasteiger partial charge on any atom is -0.494 e. The predicted octanol–water partition coefficient (Wildman–Crippen LogP) is 3.35. The lowest BCUT2D eigenvalue weighted by molar-refractivity contribution is 0.202. The molecule has 21 heavy (non-hydrogen) atoms. The fourth-order valence-corrected chi connectivity index (χ4v) is 2.05. The van der Waals surface area contributed by atoms with Gasteiger partial charge in [0.05, 0.1) is 25.1 Å². The normalized spacial score (nSPS) is 10.4. The third-order valence-corrected chi connectivity index (χ3v) is 3.19. The molecule has 0 radical (unpaired) electrons. The van der Waals surface area contributed by atoms with E-state index in [2.05, 4.69) is 5.32 Å². The summed E-state index contributed by atoms with van der Waals surface area (Å²) in [6.45, 7) is 0.626. The molecule has 0 saturated heterocycles. The first-order chi connectivity index (χ1) is 10.2. The van der Waals surface area contributed by atoms with Crippen molar-refractivity contribution in [2.45, 2.75) is 6.42 Å². The van der Waals surface area contributed by atoms with Crippen molar-refractivity contribution < 1.29 is 13.9 Å². The molecule has 112 valence electrons. The van der Waals surface area contributed by atoms with Gasteiger partial charge in [-0.05, 0) is 18.1 Å². The molecule has 0 fully saturated rings. The number of ether oxygens (including phenoxy) is 2. The highest BCUT2D eigenvalue weighted by Crippen LogP contribution is 2.31. The molecule has 0 atom stereocenters. The van der Waals surface area contributed by atoms with Gasteiger partial charge in [0.25, 0.3) is 0 Å². The molecule has 2 aromatic carbocycles. The van der Waals surface area contributed by atoms with Gasteiger partial charge in [0.1, 0.15) is 0 Å². The number of nitrogens with two attached hydrogens (primary N) is 1. The minimum atomic E-state index is -0.479. The van der Waals surface area contributed by atoms with Crippen molar-refractivity contribution in [1.82, 2.24) is 0 Å². The number of nitrogens with one attached hydrogen (secondary N) is 1. The summed E-state index contributed by atoms with van der Waals surface area (Å²) < 4.78 is 23.7. The highest BCUT2D eigenvalue weighted by molar-refractivity contribution is 5.75. The molecule has 0 spiro atoms. The zero-order valence-corrected chi connectivity index (χ0v) is 12.2. The molecule has 3 N–H and O–H groups in total. The van der Waals surface area contributed by atoms with Crippen LogP contribution < -0.4 is 15.8 Å². The molecule has 0 bridgehead atoms. The maximum Gasteiger partial charge on any atom is 0.167 e. The molecule has 0 aliphatic carbocycles. The van der Waals surface area contributed by atoms with Crippen LogP contribution in [0.15, 0.2) is 36.4 Å². The average molecular weight is 290 g/mol. The van der Waals surface area contributed by atoms with Gasteiger partial charge in [0, 0.05) is 24.9 Å². The van der Waals surface area contributed by atoms with E-state index in [1.165, 1.54) is 13.2 Å². The number of hydrogen-bond acceptors (Lipinski definition) is 4. The van der Waals surface area contributed by atoms with Gasteiger partial charge in [0.15, 0.2) is 11.6 Å². The van der Waals surface area contributed by atoms with Gasteiger partial charge in [-0.2, -0.15) is 0 Å². The van der Waals surface area contributed by atoms with Crippen LogP contribution in [0.2, 0.25) is 0 Å². The number of rotatable bonds is 6. The third-order valence-electron chi connectivity index (χ3n) is 3.19. The van der Waals surface area contributed by atoms with E-state index in [1.807, 2.05) is 24.3 Å². The van der Waals surface area contributed by atoms with Gasteiger partial charge >= 0.3 is 0 Å². The van der Waals surface area contributed by atoms with Gasteiger partial charge < -0.3 is 20.5 Å². The summed E-state index contributed by atoms with van der Waals surface area (Å²) >= 11 is 0. The topological polar surface area (TPSA) is 56.5 Å². The first-order valence-corrected chi connectivity index (χ1v) is 6.62. The lowest BCUT2D eigenvalue weighted by atomic mass is 10.1. The summed E-state index contributed by atoms with van der Waals surface area (Å²) in [4.78, 5) is 0. The number of benzene rings is 2. The summed E-state index contributed by atoms with van der Waals surface area (Å²) in [6.07, 6.45) is 0.776. The predicted molar refractivity (Wildman–Crippen MR) is 82.7 cm³/mol. The molecule has 2 aromatic rings. The van der Waals surface area contributed by atoms with Crippen LogP contribution in [0.5, 0.6) is 5.75 Å². The maximum absolute atomic E-state index is 13.6. The van der Waals surface area contributed by atoms with Crippen molar-refractivity contribution in [3.63, 3.8) is 0 Å². The highest BCUT2D eigenvalue weighted by atomic mass is 19.1. The highest BCUT2D eigenvalue weighted by Gasteiger charge is 2.10. The number of para-hydroxylation sites is 1. The van der Waals surface area contributed by atoms with E-state index in [4.69, 9.17) is 15.2 Å². The molecule has 5 heteroatoms. The number of hydrogen-bond donors (Lipinski definition) is 2. The number of anilines is 3. The molecule has 0 saturated carbocycles. The number of halogens is 1. The Balaban J connectivity index is 2.30. The molecular weight excluding hydrogens is 271 g/mol. The zero-order chi connectivity index (χ0) is 15.2. The van der Waals surface area contributed by atoms with E-state index in [0.29, 0.717) is 18.0 Å². The van der Waals surface area contributed by atoms with Crippen molar-refractivity contribution in [3.05, 3.63) is 47.8 Å². The van der Waals surface area contributed by atoms with Crippen LogP contribution in [-0.2, 0) is 11.2 Å². The summed E-state index contributed by atoms with van der Waals surface area (Å²) in [7, 11) is 3.09. The van der Waals surface area contributed by atoms with Crippen LogP contribution in [0.3, 0.4) is 0 Å². The second-order valence-corrected chi connectivity index (χ2v) is 4.60. The monoisotopic (exact) mass is 290 g/mol. The van der Waals surface area contributed by atoms with E-state index < -0.39 is 5.82 Å². The van der Waals surface area contributed by atoms with Crippen molar-refractivity contribution in [3.8, 4) is 5.75 Å². The van der Waals surface area contributed by atoms with E-state index in [1.54, 1.807) is 13.2 Å². The van der Waals surface area contributed by atoms with Crippen LogP contribution in [-0.4, -0.2) is 20.8 Å². The van der Waals surface area contributed by atoms with Crippen LogP contribution in [0.1, 0.15) is 5.56 Å². The lowest BCUT2D eigenvalue weighted by Gasteiger charge is -2.15. The molecular formula is C16H19FN2O2. The van der Waals surface area contributed by atoms with Crippen LogP contribution in [0, 0.1) is 5.82 Å². The molecule has 0 aliphatic heterocycles. The smallest absolute Gasteiger partial charge is 0.167 e. The summed E-state index contributed by atoms with van der Waals surface area (Å²) in [6, 6.07) is 10.6. The van der Waals surface area contributed by atoms with E-state index in [9.17, 15) is 4.39 Å². The molecule has 0 aromatic heterocycles. The zero-order valence-electron chi connectivity index (χ0n) is 12.2. The lowest BCUT2D eigenvalue weighted by Crippen LogP contribution is -2.03. The first kappa shape index (κ1) is 15.1.